The number of aromatic amines is 1. The van der Waals surface area contributed by atoms with Crippen molar-refractivity contribution < 1.29 is 9.18 Å². The van der Waals surface area contributed by atoms with Gasteiger partial charge in [-0.05, 0) is 6.42 Å². The number of H-pyrrole nitrogens is 1. The minimum atomic E-state index is -1.16. The van der Waals surface area contributed by atoms with Crippen LogP contribution in [0, 0.1) is 5.82 Å². The largest absolute Gasteiger partial charge is 0.337 e. The number of carbonyl (C=O) groups excluding carboxylic acids is 1. The van der Waals surface area contributed by atoms with Crippen LogP contribution < -0.4 is 16.6 Å². The van der Waals surface area contributed by atoms with Crippen LogP contribution in [0.2, 0.25) is 0 Å². The first-order valence-corrected chi connectivity index (χ1v) is 8.36. The van der Waals surface area contributed by atoms with Crippen molar-refractivity contribution in [3.8, 4) is 0 Å². The Bertz CT molecular complexity index is 595. The Morgan fingerprint density at radius 1 is 1.09 bits per heavy atom. The monoisotopic (exact) mass is 327 g/mol. The molecule has 0 aliphatic carbocycles. The smallest absolute Gasteiger partial charge is 0.336 e. The molecule has 0 aliphatic heterocycles. The summed E-state index contributed by atoms with van der Waals surface area (Å²) in [4.78, 5) is 35.7. The van der Waals surface area contributed by atoms with E-state index in [1.807, 2.05) is 0 Å². The van der Waals surface area contributed by atoms with Gasteiger partial charge < -0.3 is 5.32 Å². The third kappa shape index (κ3) is 7.25. The summed E-state index contributed by atoms with van der Waals surface area (Å²) in [6, 6.07) is -0.732. The Labute approximate surface area is 135 Å². The lowest BCUT2D eigenvalue weighted by molar-refractivity contribution is 0.240. The van der Waals surface area contributed by atoms with Crippen LogP contribution in [-0.2, 0) is 0 Å². The zero-order chi connectivity index (χ0) is 17.1. The molecule has 0 saturated heterocycles. The number of amides is 1. The van der Waals surface area contributed by atoms with Gasteiger partial charge in [0.05, 0.1) is 6.20 Å². The molecule has 1 aromatic heterocycles. The van der Waals surface area contributed by atoms with Gasteiger partial charge in [-0.2, -0.15) is 4.39 Å². The van der Waals surface area contributed by atoms with E-state index in [1.54, 1.807) is 4.98 Å². The highest BCUT2D eigenvalue weighted by Gasteiger charge is 2.09. The maximum Gasteiger partial charge on any atom is 0.336 e. The normalized spacial score (nSPS) is 10.7. The van der Waals surface area contributed by atoms with Gasteiger partial charge >= 0.3 is 11.7 Å². The Hall–Kier alpha value is -1.92. The number of halogens is 1. The molecule has 7 heteroatoms. The number of carbonyl (C=O) groups is 1. The van der Waals surface area contributed by atoms with Gasteiger partial charge in [0.2, 0.25) is 5.82 Å². The fourth-order valence-electron chi connectivity index (χ4n) is 2.31. The molecular weight excluding hydrogens is 301 g/mol. The van der Waals surface area contributed by atoms with Crippen LogP contribution in [0.3, 0.4) is 0 Å². The van der Waals surface area contributed by atoms with Gasteiger partial charge in [-0.3, -0.25) is 9.78 Å². The van der Waals surface area contributed by atoms with Crippen LogP contribution in [0.5, 0.6) is 0 Å². The Morgan fingerprint density at radius 3 is 2.26 bits per heavy atom. The molecule has 0 fully saturated rings. The van der Waals surface area contributed by atoms with Crippen LogP contribution in [0.15, 0.2) is 15.8 Å². The van der Waals surface area contributed by atoms with E-state index in [2.05, 4.69) is 12.2 Å². The Balaban J connectivity index is 2.17. The summed E-state index contributed by atoms with van der Waals surface area (Å²) in [5.41, 5.74) is -2.07. The summed E-state index contributed by atoms with van der Waals surface area (Å²) in [5, 5.41) is 2.54. The lowest BCUT2D eigenvalue weighted by Crippen LogP contribution is -2.40. The molecular formula is C16H26FN3O3. The molecule has 0 bridgehead atoms. The van der Waals surface area contributed by atoms with E-state index >= 15 is 0 Å². The highest BCUT2D eigenvalue weighted by molar-refractivity contribution is 5.76. The summed E-state index contributed by atoms with van der Waals surface area (Å²) >= 11 is 0. The van der Waals surface area contributed by atoms with Crippen molar-refractivity contribution in [3.63, 3.8) is 0 Å². The fraction of sp³-hybridized carbons (Fsp3) is 0.688. The van der Waals surface area contributed by atoms with Gasteiger partial charge in [-0.25, -0.2) is 14.2 Å². The maximum atomic E-state index is 13.1. The van der Waals surface area contributed by atoms with Gasteiger partial charge in [-0.15, -0.1) is 0 Å². The van der Waals surface area contributed by atoms with Crippen molar-refractivity contribution in [2.24, 2.45) is 0 Å². The molecule has 0 radical (unpaired) electrons. The van der Waals surface area contributed by atoms with Crippen molar-refractivity contribution in [3.05, 3.63) is 32.9 Å². The van der Waals surface area contributed by atoms with E-state index in [9.17, 15) is 18.8 Å². The highest BCUT2D eigenvalue weighted by Crippen LogP contribution is 2.09. The average Bonchev–Trinajstić information content (AvgIpc) is 2.52. The van der Waals surface area contributed by atoms with Gasteiger partial charge in [0.15, 0.2) is 0 Å². The molecule has 1 aromatic rings. The summed E-state index contributed by atoms with van der Waals surface area (Å²) < 4.78 is 13.6. The van der Waals surface area contributed by atoms with Crippen LogP contribution in [0.1, 0.15) is 64.7 Å². The van der Waals surface area contributed by atoms with E-state index in [0.29, 0.717) is 17.3 Å². The molecule has 1 heterocycles. The predicted molar refractivity (Wildman–Crippen MR) is 87.3 cm³/mol. The van der Waals surface area contributed by atoms with E-state index < -0.39 is 23.1 Å². The molecule has 1 amide bonds. The van der Waals surface area contributed by atoms with Crippen molar-refractivity contribution in [1.29, 1.82) is 0 Å². The zero-order valence-corrected chi connectivity index (χ0v) is 13.7. The SMILES string of the molecule is CCCCCCCCCCCNC(=O)n1cc(F)c(=O)[nH]c1=O. The van der Waals surface area contributed by atoms with Gasteiger partial charge in [0.25, 0.3) is 5.56 Å². The standard InChI is InChI=1S/C16H26FN3O3/c1-2-3-4-5-6-7-8-9-10-11-18-15(22)20-12-13(17)14(21)19-16(20)23/h12H,2-11H2,1H3,(H,18,22)(H,19,21,23). The molecule has 2 N–H and O–H groups in total. The fourth-order valence-corrected chi connectivity index (χ4v) is 2.31. The lowest BCUT2D eigenvalue weighted by Gasteiger charge is -2.06. The van der Waals surface area contributed by atoms with Crippen molar-refractivity contribution in [2.45, 2.75) is 64.7 Å². The average molecular weight is 327 g/mol. The molecule has 0 unspecified atom stereocenters. The first-order valence-electron chi connectivity index (χ1n) is 8.36. The Morgan fingerprint density at radius 2 is 1.65 bits per heavy atom. The minimum absolute atomic E-state index is 0.419. The van der Waals surface area contributed by atoms with Crippen LogP contribution >= 0.6 is 0 Å². The molecule has 6 nitrogen and oxygen atoms in total. The van der Waals surface area contributed by atoms with Crippen LogP contribution in [0.4, 0.5) is 9.18 Å². The summed E-state index contributed by atoms with van der Waals surface area (Å²) in [6.45, 7) is 2.62. The van der Waals surface area contributed by atoms with E-state index in [-0.39, 0.29) is 0 Å². The van der Waals surface area contributed by atoms with Crippen molar-refractivity contribution in [2.75, 3.05) is 6.54 Å². The second-order valence-corrected chi connectivity index (χ2v) is 5.67. The highest BCUT2D eigenvalue weighted by atomic mass is 19.1. The summed E-state index contributed by atoms with van der Waals surface area (Å²) in [5.74, 6) is -1.16. The summed E-state index contributed by atoms with van der Waals surface area (Å²) in [7, 11) is 0. The Kier molecular flexibility index (Phi) is 8.94. The molecule has 0 atom stereocenters. The minimum Gasteiger partial charge on any atom is -0.337 e. The van der Waals surface area contributed by atoms with Gasteiger partial charge in [-0.1, -0.05) is 58.3 Å². The summed E-state index contributed by atoms with van der Waals surface area (Å²) in [6.07, 6.45) is 11.1. The topological polar surface area (TPSA) is 84.0 Å². The zero-order valence-electron chi connectivity index (χ0n) is 13.7. The lowest BCUT2D eigenvalue weighted by atomic mass is 10.1. The van der Waals surface area contributed by atoms with E-state index in [1.165, 1.54) is 38.5 Å². The van der Waals surface area contributed by atoms with E-state index in [4.69, 9.17) is 0 Å². The number of hydrogen-bond acceptors (Lipinski definition) is 3. The molecule has 0 aromatic carbocycles. The molecule has 130 valence electrons. The number of nitrogens with zero attached hydrogens (tertiary/aromatic N) is 1. The molecule has 1 rings (SSSR count). The maximum absolute atomic E-state index is 13.1. The predicted octanol–water partition coefficient (Wildman–Crippen LogP) is 2.76. The second kappa shape index (κ2) is 10.7. The number of rotatable bonds is 10. The number of nitrogens with one attached hydrogen (secondary N) is 2. The molecule has 0 saturated carbocycles. The van der Waals surface area contributed by atoms with Gasteiger partial charge in [0.1, 0.15) is 0 Å². The molecule has 0 spiro atoms. The number of hydrogen-bond donors (Lipinski definition) is 2. The quantitative estimate of drug-likeness (QED) is 0.648. The van der Waals surface area contributed by atoms with Crippen molar-refractivity contribution >= 4 is 6.03 Å². The first-order chi connectivity index (χ1) is 11.1. The van der Waals surface area contributed by atoms with Crippen LogP contribution in [-0.4, -0.2) is 22.1 Å². The third-order valence-corrected chi connectivity index (χ3v) is 3.67. The van der Waals surface area contributed by atoms with Crippen molar-refractivity contribution in [1.82, 2.24) is 14.9 Å². The number of unbranched alkanes of at least 4 members (excludes halogenated alkanes) is 8. The van der Waals surface area contributed by atoms with Gasteiger partial charge in [0, 0.05) is 6.54 Å². The number of aromatic nitrogens is 2. The third-order valence-electron chi connectivity index (χ3n) is 3.67. The first kappa shape index (κ1) is 19.1. The molecule has 23 heavy (non-hydrogen) atoms. The molecule has 0 aliphatic rings. The van der Waals surface area contributed by atoms with Crippen LogP contribution in [0.25, 0.3) is 0 Å². The van der Waals surface area contributed by atoms with E-state index in [0.717, 1.165) is 19.3 Å². The second-order valence-electron chi connectivity index (χ2n) is 5.67.